The van der Waals surface area contributed by atoms with Gasteiger partial charge in [0.15, 0.2) is 5.82 Å². The number of aromatic nitrogens is 2. The van der Waals surface area contributed by atoms with Gasteiger partial charge in [0.2, 0.25) is 5.88 Å². The lowest BCUT2D eigenvalue weighted by Gasteiger charge is -2.09. The Balaban J connectivity index is 1.55. The molecule has 1 aromatic heterocycles. The summed E-state index contributed by atoms with van der Waals surface area (Å²) >= 11 is 0. The van der Waals surface area contributed by atoms with E-state index in [9.17, 15) is 4.79 Å². The molecular formula is C24H19N3O3. The third kappa shape index (κ3) is 4.62. The lowest BCUT2D eigenvalue weighted by atomic mass is 10.1. The average Bonchev–Trinajstić information content (AvgIpc) is 2.80. The molecule has 30 heavy (non-hydrogen) atoms. The zero-order valence-corrected chi connectivity index (χ0v) is 16.3. The number of nitrogens with one attached hydrogen (secondary N) is 1. The molecule has 3 aromatic carbocycles. The minimum atomic E-state index is -0.202. The lowest BCUT2D eigenvalue weighted by Crippen LogP contribution is -2.11. The Morgan fingerprint density at radius 2 is 1.67 bits per heavy atom. The molecule has 0 radical (unpaired) electrons. The van der Waals surface area contributed by atoms with Crippen molar-refractivity contribution >= 4 is 11.6 Å². The van der Waals surface area contributed by atoms with Crippen molar-refractivity contribution in [3.8, 4) is 28.8 Å². The Hall–Kier alpha value is -4.19. The van der Waals surface area contributed by atoms with Crippen LogP contribution < -0.4 is 14.8 Å². The number of benzene rings is 3. The van der Waals surface area contributed by atoms with Gasteiger partial charge in [0, 0.05) is 35.1 Å². The van der Waals surface area contributed by atoms with Crippen LogP contribution in [0.25, 0.3) is 11.4 Å². The maximum absolute atomic E-state index is 12.6. The highest BCUT2D eigenvalue weighted by molar-refractivity contribution is 6.04. The fourth-order valence-electron chi connectivity index (χ4n) is 2.85. The van der Waals surface area contributed by atoms with Gasteiger partial charge in [-0.1, -0.05) is 36.4 Å². The molecule has 0 spiro atoms. The van der Waals surface area contributed by atoms with Gasteiger partial charge in [-0.15, -0.1) is 0 Å². The van der Waals surface area contributed by atoms with Crippen LogP contribution in [0.15, 0.2) is 91.1 Å². The summed E-state index contributed by atoms with van der Waals surface area (Å²) in [6.07, 6.45) is 1.62. The van der Waals surface area contributed by atoms with Crippen LogP contribution in [0.5, 0.6) is 17.4 Å². The van der Waals surface area contributed by atoms with Crippen molar-refractivity contribution in [3.05, 3.63) is 96.7 Å². The molecule has 6 nitrogen and oxygen atoms in total. The van der Waals surface area contributed by atoms with Gasteiger partial charge in [-0.25, -0.2) is 4.98 Å². The van der Waals surface area contributed by atoms with Gasteiger partial charge in [0.05, 0.1) is 7.11 Å². The zero-order chi connectivity index (χ0) is 20.8. The summed E-state index contributed by atoms with van der Waals surface area (Å²) in [7, 11) is 1.60. The minimum absolute atomic E-state index is 0.202. The fraction of sp³-hybridized carbons (Fsp3) is 0.0417. The van der Waals surface area contributed by atoms with Crippen molar-refractivity contribution in [2.75, 3.05) is 12.4 Å². The Morgan fingerprint density at radius 3 is 2.50 bits per heavy atom. The predicted molar refractivity (Wildman–Crippen MR) is 115 cm³/mol. The maximum Gasteiger partial charge on any atom is 0.255 e. The summed E-state index contributed by atoms with van der Waals surface area (Å²) in [4.78, 5) is 21.4. The number of nitrogens with zero attached hydrogens (tertiary/aromatic N) is 2. The van der Waals surface area contributed by atoms with E-state index in [4.69, 9.17) is 9.47 Å². The Morgan fingerprint density at radius 1 is 0.867 bits per heavy atom. The molecule has 0 unspecified atom stereocenters. The summed E-state index contributed by atoms with van der Waals surface area (Å²) in [5.74, 6) is 1.96. The van der Waals surface area contributed by atoms with E-state index in [0.717, 1.165) is 5.69 Å². The zero-order valence-electron chi connectivity index (χ0n) is 16.3. The molecule has 0 fully saturated rings. The standard InChI is InChI=1S/C24H19N3O3/c1-29-20-11-6-12-21(16-20)30-22-13-14-25-23(27-22)17-7-5-8-18(15-17)24(28)26-19-9-3-2-4-10-19/h2-16H,1H3,(H,26,28). The topological polar surface area (TPSA) is 73.3 Å². The van der Waals surface area contributed by atoms with Crippen molar-refractivity contribution in [3.63, 3.8) is 0 Å². The van der Waals surface area contributed by atoms with E-state index in [1.165, 1.54) is 0 Å². The van der Waals surface area contributed by atoms with E-state index < -0.39 is 0 Å². The third-order valence-corrected chi connectivity index (χ3v) is 4.31. The lowest BCUT2D eigenvalue weighted by molar-refractivity contribution is 0.102. The highest BCUT2D eigenvalue weighted by Crippen LogP contribution is 2.25. The first-order chi connectivity index (χ1) is 14.7. The monoisotopic (exact) mass is 397 g/mol. The molecule has 4 rings (SSSR count). The van der Waals surface area contributed by atoms with Crippen LogP contribution in [0, 0.1) is 0 Å². The second-order valence-electron chi connectivity index (χ2n) is 6.40. The van der Waals surface area contributed by atoms with E-state index in [2.05, 4.69) is 15.3 Å². The summed E-state index contributed by atoms with van der Waals surface area (Å²) in [6, 6.07) is 25.4. The fourth-order valence-corrected chi connectivity index (χ4v) is 2.85. The molecular weight excluding hydrogens is 378 g/mol. The second kappa shape index (κ2) is 8.87. The molecule has 1 N–H and O–H groups in total. The number of methoxy groups -OCH3 is 1. The van der Waals surface area contributed by atoms with E-state index in [0.29, 0.717) is 34.3 Å². The van der Waals surface area contributed by atoms with E-state index in [-0.39, 0.29) is 5.91 Å². The Kier molecular flexibility index (Phi) is 5.66. The Labute approximate surface area is 174 Å². The molecule has 0 saturated heterocycles. The highest BCUT2D eigenvalue weighted by atomic mass is 16.5. The van der Waals surface area contributed by atoms with Crippen molar-refractivity contribution in [1.29, 1.82) is 0 Å². The number of anilines is 1. The van der Waals surface area contributed by atoms with E-state index in [1.807, 2.05) is 54.6 Å². The summed E-state index contributed by atoms with van der Waals surface area (Å²) in [5, 5.41) is 2.88. The molecule has 1 amide bonds. The molecule has 0 aliphatic carbocycles. The van der Waals surface area contributed by atoms with E-state index in [1.54, 1.807) is 43.6 Å². The van der Waals surface area contributed by atoms with Crippen LogP contribution in [0.1, 0.15) is 10.4 Å². The smallest absolute Gasteiger partial charge is 0.255 e. The van der Waals surface area contributed by atoms with Crippen molar-refractivity contribution < 1.29 is 14.3 Å². The van der Waals surface area contributed by atoms with Gasteiger partial charge < -0.3 is 14.8 Å². The first-order valence-corrected chi connectivity index (χ1v) is 9.33. The highest BCUT2D eigenvalue weighted by Gasteiger charge is 2.10. The number of amides is 1. The molecule has 6 heteroatoms. The predicted octanol–water partition coefficient (Wildman–Crippen LogP) is 5.20. The molecule has 148 valence electrons. The van der Waals surface area contributed by atoms with Crippen LogP contribution in [-0.2, 0) is 0 Å². The van der Waals surface area contributed by atoms with Crippen LogP contribution in [0.2, 0.25) is 0 Å². The molecule has 0 aliphatic rings. The second-order valence-corrected chi connectivity index (χ2v) is 6.40. The third-order valence-electron chi connectivity index (χ3n) is 4.31. The van der Waals surface area contributed by atoms with Crippen molar-refractivity contribution in [2.45, 2.75) is 0 Å². The van der Waals surface area contributed by atoms with Gasteiger partial charge >= 0.3 is 0 Å². The summed E-state index contributed by atoms with van der Waals surface area (Å²) in [5.41, 5.74) is 1.96. The molecule has 0 atom stereocenters. The molecule has 4 aromatic rings. The van der Waals surface area contributed by atoms with Crippen molar-refractivity contribution in [2.24, 2.45) is 0 Å². The largest absolute Gasteiger partial charge is 0.497 e. The van der Waals surface area contributed by atoms with Gasteiger partial charge in [-0.3, -0.25) is 4.79 Å². The normalized spacial score (nSPS) is 10.3. The number of ether oxygens (including phenoxy) is 2. The number of hydrogen-bond donors (Lipinski definition) is 1. The summed E-state index contributed by atoms with van der Waals surface area (Å²) < 4.78 is 11.0. The van der Waals surface area contributed by atoms with Crippen LogP contribution >= 0.6 is 0 Å². The first kappa shape index (κ1) is 19.1. The molecule has 0 aliphatic heterocycles. The number of rotatable bonds is 6. The first-order valence-electron chi connectivity index (χ1n) is 9.33. The molecule has 0 saturated carbocycles. The van der Waals surface area contributed by atoms with Gasteiger partial charge in [0.1, 0.15) is 11.5 Å². The van der Waals surface area contributed by atoms with E-state index >= 15 is 0 Å². The molecule has 0 bridgehead atoms. The summed E-state index contributed by atoms with van der Waals surface area (Å²) in [6.45, 7) is 0. The SMILES string of the molecule is COc1cccc(Oc2ccnc(-c3cccc(C(=O)Nc4ccccc4)c3)n2)c1. The van der Waals surface area contributed by atoms with Crippen LogP contribution in [0.4, 0.5) is 5.69 Å². The van der Waals surface area contributed by atoms with Crippen LogP contribution in [0.3, 0.4) is 0 Å². The van der Waals surface area contributed by atoms with Gasteiger partial charge in [-0.05, 0) is 36.4 Å². The minimum Gasteiger partial charge on any atom is -0.497 e. The number of carbonyl (C=O) groups is 1. The number of carbonyl (C=O) groups excluding carboxylic acids is 1. The number of para-hydroxylation sites is 1. The number of hydrogen-bond acceptors (Lipinski definition) is 5. The van der Waals surface area contributed by atoms with Crippen molar-refractivity contribution in [1.82, 2.24) is 9.97 Å². The van der Waals surface area contributed by atoms with Gasteiger partial charge in [0.25, 0.3) is 5.91 Å². The maximum atomic E-state index is 12.6. The Bertz CT molecular complexity index is 1160. The quantitative estimate of drug-likeness (QED) is 0.484. The van der Waals surface area contributed by atoms with Crippen LogP contribution in [-0.4, -0.2) is 23.0 Å². The average molecular weight is 397 g/mol. The molecule has 1 heterocycles. The van der Waals surface area contributed by atoms with Gasteiger partial charge in [-0.2, -0.15) is 4.98 Å².